The minimum atomic E-state index is -1.22. The SMILES string of the molecule is COC[C@@H](O)C(=O)N1CCC[C@@H](NC(=O)C2=C3NC(=O)N(c4ccc(Oc5ccccc5)cc4C)C4CCNC(S2)C34)C1. The summed E-state index contributed by atoms with van der Waals surface area (Å²) < 4.78 is 10.9. The molecule has 3 unspecified atom stereocenters. The molecule has 228 valence electrons. The van der Waals surface area contributed by atoms with Gasteiger partial charge in [-0.25, -0.2) is 4.79 Å². The fourth-order valence-corrected chi connectivity index (χ4v) is 7.87. The van der Waals surface area contributed by atoms with Gasteiger partial charge in [0, 0.05) is 43.5 Å². The van der Waals surface area contributed by atoms with Crippen LogP contribution in [0.5, 0.6) is 11.5 Å². The topological polar surface area (TPSA) is 132 Å². The molecule has 43 heavy (non-hydrogen) atoms. The highest BCUT2D eigenvalue weighted by atomic mass is 32.2. The van der Waals surface area contributed by atoms with E-state index in [9.17, 15) is 19.5 Å². The summed E-state index contributed by atoms with van der Waals surface area (Å²) in [6.45, 7) is 3.46. The predicted octanol–water partition coefficient (Wildman–Crippen LogP) is 2.69. The van der Waals surface area contributed by atoms with Crippen LogP contribution < -0.4 is 25.6 Å². The largest absolute Gasteiger partial charge is 0.457 e. The monoisotopic (exact) mass is 607 g/mol. The zero-order valence-electron chi connectivity index (χ0n) is 24.2. The number of aliphatic hydroxyl groups excluding tert-OH is 1. The molecule has 4 aliphatic heterocycles. The van der Waals surface area contributed by atoms with Gasteiger partial charge in [-0.05, 0) is 68.6 Å². The molecule has 0 spiro atoms. The van der Waals surface area contributed by atoms with Crippen LogP contribution in [0.2, 0.25) is 0 Å². The average Bonchev–Trinajstić information content (AvgIpc) is 3.38. The second kappa shape index (κ2) is 12.6. The number of thioether (sulfide) groups is 1. The summed E-state index contributed by atoms with van der Waals surface area (Å²) in [7, 11) is 1.43. The highest BCUT2D eigenvalue weighted by Gasteiger charge is 2.52. The Morgan fingerprint density at radius 3 is 2.74 bits per heavy atom. The van der Waals surface area contributed by atoms with Gasteiger partial charge in [-0.15, -0.1) is 0 Å². The quantitative estimate of drug-likeness (QED) is 0.360. The lowest BCUT2D eigenvalue weighted by Crippen LogP contribution is -2.62. The minimum absolute atomic E-state index is 0.0489. The highest BCUT2D eigenvalue weighted by Crippen LogP contribution is 2.48. The first-order chi connectivity index (χ1) is 20.8. The van der Waals surface area contributed by atoms with Crippen molar-refractivity contribution in [2.45, 2.75) is 49.7 Å². The van der Waals surface area contributed by atoms with Crippen LogP contribution in [0.1, 0.15) is 24.8 Å². The number of benzene rings is 2. The van der Waals surface area contributed by atoms with Gasteiger partial charge in [0.1, 0.15) is 11.5 Å². The number of aliphatic hydroxyl groups is 1. The molecule has 5 atom stereocenters. The van der Waals surface area contributed by atoms with Crippen LogP contribution in [0.25, 0.3) is 0 Å². The Bertz CT molecular complexity index is 1420. The summed E-state index contributed by atoms with van der Waals surface area (Å²) in [5.41, 5.74) is 2.39. The lowest BCUT2D eigenvalue weighted by atomic mass is 9.86. The zero-order valence-corrected chi connectivity index (χ0v) is 25.1. The number of amides is 4. The van der Waals surface area contributed by atoms with Gasteiger partial charge in [-0.2, -0.15) is 0 Å². The van der Waals surface area contributed by atoms with Crippen LogP contribution in [0.3, 0.4) is 0 Å². The van der Waals surface area contributed by atoms with Gasteiger partial charge < -0.3 is 35.4 Å². The van der Waals surface area contributed by atoms with E-state index >= 15 is 0 Å². The maximum atomic E-state index is 13.7. The lowest BCUT2D eigenvalue weighted by molar-refractivity contribution is -0.144. The van der Waals surface area contributed by atoms with Crippen molar-refractivity contribution in [3.63, 3.8) is 0 Å². The number of hydrogen-bond donors (Lipinski definition) is 4. The second-order valence-electron chi connectivity index (χ2n) is 11.3. The van der Waals surface area contributed by atoms with Crippen LogP contribution in [0, 0.1) is 12.8 Å². The number of anilines is 1. The Morgan fingerprint density at radius 2 is 1.98 bits per heavy atom. The van der Waals surface area contributed by atoms with Gasteiger partial charge in [0.15, 0.2) is 6.10 Å². The maximum absolute atomic E-state index is 13.7. The van der Waals surface area contributed by atoms with Crippen molar-refractivity contribution >= 4 is 35.3 Å². The van der Waals surface area contributed by atoms with Crippen LogP contribution >= 0.6 is 11.8 Å². The summed E-state index contributed by atoms with van der Waals surface area (Å²) in [5.74, 6) is 0.710. The number of methoxy groups -OCH3 is 1. The minimum Gasteiger partial charge on any atom is -0.457 e. The van der Waals surface area contributed by atoms with Gasteiger partial charge in [0.2, 0.25) is 0 Å². The van der Waals surface area contributed by atoms with E-state index in [4.69, 9.17) is 9.47 Å². The van der Waals surface area contributed by atoms with E-state index in [1.54, 1.807) is 4.90 Å². The standard InChI is InChI=1S/C31H37N5O6S/c1-18-15-21(42-20-8-4-3-5-9-20)10-11-22(18)36-23-12-13-32-29-25(23)26(34-31(36)40)27(43-29)28(38)33-19-7-6-14-35(16-19)30(39)24(37)17-41-2/h3-5,8-11,15,19,23-25,29,32,37H,6-7,12-14,16-17H2,1-2H3,(H,33,38)(H,34,40)/t19-,23?,24-,25?,29?/m1/s1. The molecule has 2 aromatic carbocycles. The van der Waals surface area contributed by atoms with Gasteiger partial charge in [0.25, 0.3) is 11.8 Å². The fraction of sp³-hybridized carbons (Fsp3) is 0.452. The normalized spacial score (nSPS) is 25.6. The number of likely N-dealkylation sites (tertiary alicyclic amines) is 1. The summed E-state index contributed by atoms with van der Waals surface area (Å²) in [6.07, 6.45) is 0.960. The van der Waals surface area contributed by atoms with Crippen molar-refractivity contribution in [2.24, 2.45) is 5.92 Å². The van der Waals surface area contributed by atoms with Crippen molar-refractivity contribution in [1.82, 2.24) is 20.9 Å². The molecule has 12 heteroatoms. The highest BCUT2D eigenvalue weighted by molar-refractivity contribution is 8.04. The van der Waals surface area contributed by atoms with Crippen molar-refractivity contribution < 1.29 is 29.0 Å². The number of carbonyl (C=O) groups excluding carboxylic acids is 3. The summed E-state index contributed by atoms with van der Waals surface area (Å²) in [6, 6.07) is 14.7. The third kappa shape index (κ3) is 5.97. The number of piperidine rings is 2. The maximum Gasteiger partial charge on any atom is 0.326 e. The first-order valence-corrected chi connectivity index (χ1v) is 15.6. The van der Waals surface area contributed by atoms with Crippen LogP contribution in [-0.2, 0) is 14.3 Å². The van der Waals surface area contributed by atoms with Gasteiger partial charge in [-0.1, -0.05) is 30.0 Å². The molecule has 0 aliphatic carbocycles. The molecule has 4 heterocycles. The number of hydrogen-bond acceptors (Lipinski definition) is 8. The molecular weight excluding hydrogens is 570 g/mol. The molecule has 2 aromatic rings. The number of nitrogens with zero attached hydrogens (tertiary/aromatic N) is 2. The number of aryl methyl sites for hydroxylation is 1. The van der Waals surface area contributed by atoms with Gasteiger partial charge >= 0.3 is 6.03 Å². The number of urea groups is 1. The Kier molecular flexibility index (Phi) is 8.62. The summed E-state index contributed by atoms with van der Waals surface area (Å²) >= 11 is 1.45. The number of ether oxygens (including phenoxy) is 2. The number of para-hydroxylation sites is 1. The third-order valence-corrected chi connectivity index (χ3v) is 9.79. The smallest absolute Gasteiger partial charge is 0.326 e. The van der Waals surface area contributed by atoms with Crippen LogP contribution in [0.4, 0.5) is 10.5 Å². The molecule has 4 N–H and O–H groups in total. The zero-order chi connectivity index (χ0) is 30.1. The molecule has 3 fully saturated rings. The van der Waals surface area contributed by atoms with E-state index in [2.05, 4.69) is 16.0 Å². The predicted molar refractivity (Wildman–Crippen MR) is 163 cm³/mol. The molecule has 11 nitrogen and oxygen atoms in total. The molecule has 0 aromatic heterocycles. The van der Waals surface area contributed by atoms with Gasteiger partial charge in [-0.3, -0.25) is 14.5 Å². The van der Waals surface area contributed by atoms with Crippen molar-refractivity contribution in [3.05, 3.63) is 64.7 Å². The summed E-state index contributed by atoms with van der Waals surface area (Å²) in [5, 5.41) is 19.7. The molecule has 0 bridgehead atoms. The molecule has 0 radical (unpaired) electrons. The van der Waals surface area contributed by atoms with Crippen LogP contribution in [0.15, 0.2) is 59.1 Å². The van der Waals surface area contributed by atoms with Crippen molar-refractivity contribution in [3.8, 4) is 11.5 Å². The average molecular weight is 608 g/mol. The fourth-order valence-electron chi connectivity index (χ4n) is 6.47. The Hall–Kier alpha value is -3.58. The molecule has 0 saturated carbocycles. The Labute approximate surface area is 255 Å². The number of carbonyl (C=O) groups is 3. The Morgan fingerprint density at radius 1 is 1.16 bits per heavy atom. The number of nitrogens with one attached hydrogen (secondary N) is 3. The van der Waals surface area contributed by atoms with Crippen LogP contribution in [-0.4, -0.2) is 84.8 Å². The van der Waals surface area contributed by atoms with Crippen molar-refractivity contribution in [1.29, 1.82) is 0 Å². The first kappa shape index (κ1) is 29.5. The van der Waals surface area contributed by atoms with E-state index in [0.29, 0.717) is 35.9 Å². The first-order valence-electron chi connectivity index (χ1n) is 14.7. The lowest BCUT2D eigenvalue weighted by Gasteiger charge is -2.46. The molecular formula is C31H37N5O6S. The van der Waals surface area contributed by atoms with Crippen molar-refractivity contribution in [2.75, 3.05) is 38.3 Å². The molecule has 4 aliphatic rings. The number of rotatable bonds is 8. The Balaban J connectivity index is 1.18. The molecule has 6 rings (SSSR count). The van der Waals surface area contributed by atoms with E-state index in [1.165, 1.54) is 18.9 Å². The third-order valence-electron chi connectivity index (χ3n) is 8.43. The van der Waals surface area contributed by atoms with E-state index in [1.807, 2.05) is 60.4 Å². The second-order valence-corrected chi connectivity index (χ2v) is 12.5. The molecule has 3 saturated heterocycles. The van der Waals surface area contributed by atoms with E-state index < -0.39 is 12.0 Å². The van der Waals surface area contributed by atoms with E-state index in [0.717, 1.165) is 36.4 Å². The summed E-state index contributed by atoms with van der Waals surface area (Å²) in [4.78, 5) is 43.8. The van der Waals surface area contributed by atoms with E-state index in [-0.39, 0.29) is 41.9 Å². The molecule has 4 amide bonds. The van der Waals surface area contributed by atoms with Gasteiger partial charge in [0.05, 0.1) is 22.9 Å².